The van der Waals surface area contributed by atoms with Crippen LogP contribution in [0.3, 0.4) is 0 Å². The Labute approximate surface area is 168 Å². The van der Waals surface area contributed by atoms with Crippen molar-refractivity contribution < 1.29 is 13.2 Å². The fraction of sp³-hybridized carbons (Fsp3) is 0.571. The van der Waals surface area contributed by atoms with Gasteiger partial charge in [-0.2, -0.15) is 0 Å². The number of hydrogen-bond acceptors (Lipinski definition) is 4. The van der Waals surface area contributed by atoms with Gasteiger partial charge >= 0.3 is 0 Å². The standard InChI is InChI=1S/C21H31N3O3S/c1-15(2)8-11-24-12-9-17(10-13-24)22-21(25)20-14-19(7-4-16(20)3)28(26,27)23-18-5-6-18/h4,7-8,14,17-18,23H,5-6,9-13H2,1-3H3,(H,22,25). The van der Waals surface area contributed by atoms with E-state index in [4.69, 9.17) is 0 Å². The van der Waals surface area contributed by atoms with Crippen molar-refractivity contribution in [3.63, 3.8) is 0 Å². The van der Waals surface area contributed by atoms with E-state index in [2.05, 4.69) is 34.9 Å². The highest BCUT2D eigenvalue weighted by atomic mass is 32.2. The molecule has 0 unspecified atom stereocenters. The van der Waals surface area contributed by atoms with E-state index in [0.29, 0.717) is 5.56 Å². The Bertz CT molecular complexity index is 848. The zero-order valence-electron chi connectivity index (χ0n) is 17.0. The molecular weight excluding hydrogens is 374 g/mol. The van der Waals surface area contributed by atoms with Gasteiger partial charge in [-0.15, -0.1) is 0 Å². The largest absolute Gasteiger partial charge is 0.349 e. The lowest BCUT2D eigenvalue weighted by Gasteiger charge is -2.31. The van der Waals surface area contributed by atoms with Crippen LogP contribution < -0.4 is 10.0 Å². The Morgan fingerprint density at radius 2 is 1.82 bits per heavy atom. The quantitative estimate of drug-likeness (QED) is 0.684. The van der Waals surface area contributed by atoms with E-state index >= 15 is 0 Å². The number of benzene rings is 1. The molecule has 1 saturated carbocycles. The number of nitrogens with zero attached hydrogens (tertiary/aromatic N) is 1. The maximum Gasteiger partial charge on any atom is 0.251 e. The second-order valence-electron chi connectivity index (χ2n) is 8.20. The third kappa shape index (κ3) is 5.65. The lowest BCUT2D eigenvalue weighted by molar-refractivity contribution is 0.0913. The first-order chi connectivity index (χ1) is 13.2. The molecule has 0 aromatic heterocycles. The Morgan fingerprint density at radius 3 is 2.43 bits per heavy atom. The molecule has 1 aromatic rings. The highest BCUT2D eigenvalue weighted by Crippen LogP contribution is 2.23. The molecule has 154 valence electrons. The SMILES string of the molecule is CC(C)=CCN1CCC(NC(=O)c2cc(S(=O)(=O)NC3CC3)ccc2C)CC1. The number of nitrogens with one attached hydrogen (secondary N) is 2. The summed E-state index contributed by atoms with van der Waals surface area (Å²) in [6.07, 6.45) is 5.80. The molecule has 2 fully saturated rings. The predicted octanol–water partition coefficient (Wildman–Crippen LogP) is 2.60. The topological polar surface area (TPSA) is 78.5 Å². The fourth-order valence-corrected chi connectivity index (χ4v) is 4.67. The van der Waals surface area contributed by atoms with Gasteiger partial charge in [0.05, 0.1) is 4.90 Å². The van der Waals surface area contributed by atoms with E-state index in [-0.39, 0.29) is 22.9 Å². The van der Waals surface area contributed by atoms with Crippen molar-refractivity contribution in [2.45, 2.75) is 63.4 Å². The van der Waals surface area contributed by atoms with Crippen LogP contribution in [0.4, 0.5) is 0 Å². The molecule has 1 aliphatic carbocycles. The molecule has 0 atom stereocenters. The van der Waals surface area contributed by atoms with Crippen LogP contribution in [0.25, 0.3) is 0 Å². The van der Waals surface area contributed by atoms with Crippen LogP contribution in [0.1, 0.15) is 55.5 Å². The van der Waals surface area contributed by atoms with Gasteiger partial charge in [-0.25, -0.2) is 13.1 Å². The minimum absolute atomic E-state index is 0.0418. The number of likely N-dealkylation sites (tertiary alicyclic amines) is 1. The summed E-state index contributed by atoms with van der Waals surface area (Å²) in [7, 11) is -3.57. The molecule has 0 radical (unpaired) electrons. The maximum absolute atomic E-state index is 12.8. The van der Waals surface area contributed by atoms with Crippen molar-refractivity contribution in [1.29, 1.82) is 0 Å². The molecule has 1 aromatic carbocycles. The van der Waals surface area contributed by atoms with Crippen LogP contribution in [-0.4, -0.2) is 50.9 Å². The first-order valence-corrected chi connectivity index (χ1v) is 11.5. The van der Waals surface area contributed by atoms with Crippen molar-refractivity contribution >= 4 is 15.9 Å². The smallest absolute Gasteiger partial charge is 0.251 e. The Hall–Kier alpha value is -1.70. The van der Waals surface area contributed by atoms with Crippen LogP contribution >= 0.6 is 0 Å². The van der Waals surface area contributed by atoms with Crippen LogP contribution in [0.5, 0.6) is 0 Å². The first kappa shape index (κ1) is 21.0. The van der Waals surface area contributed by atoms with Gasteiger partial charge in [-0.3, -0.25) is 9.69 Å². The molecule has 1 amide bonds. The van der Waals surface area contributed by atoms with Gasteiger partial charge in [0.15, 0.2) is 0 Å². The minimum atomic E-state index is -3.57. The average Bonchev–Trinajstić information content (AvgIpc) is 3.44. The molecule has 7 heteroatoms. The summed E-state index contributed by atoms with van der Waals surface area (Å²) in [6, 6.07) is 4.94. The fourth-order valence-electron chi connectivity index (χ4n) is 3.34. The summed E-state index contributed by atoms with van der Waals surface area (Å²) in [4.78, 5) is 15.3. The van der Waals surface area contributed by atoms with E-state index < -0.39 is 10.0 Å². The van der Waals surface area contributed by atoms with Crippen LogP contribution in [0, 0.1) is 6.92 Å². The van der Waals surface area contributed by atoms with Crippen LogP contribution in [0.2, 0.25) is 0 Å². The zero-order chi connectivity index (χ0) is 20.3. The second kappa shape index (κ2) is 8.76. The van der Waals surface area contributed by atoms with Gasteiger partial charge in [-0.05, 0) is 64.2 Å². The van der Waals surface area contributed by atoms with Gasteiger partial charge in [0.2, 0.25) is 10.0 Å². The Balaban J connectivity index is 1.61. The monoisotopic (exact) mass is 405 g/mol. The third-order valence-corrected chi connectivity index (χ3v) is 6.86. The Kier molecular flexibility index (Phi) is 6.58. The number of sulfonamides is 1. The summed E-state index contributed by atoms with van der Waals surface area (Å²) in [5, 5.41) is 3.10. The van der Waals surface area contributed by atoms with Crippen molar-refractivity contribution in [3.8, 4) is 0 Å². The minimum Gasteiger partial charge on any atom is -0.349 e. The second-order valence-corrected chi connectivity index (χ2v) is 9.92. The molecule has 6 nitrogen and oxygen atoms in total. The molecule has 0 bridgehead atoms. The molecule has 1 saturated heterocycles. The molecule has 28 heavy (non-hydrogen) atoms. The van der Waals surface area contributed by atoms with E-state index in [1.807, 2.05) is 6.92 Å². The number of aryl methyl sites for hydroxylation is 1. The van der Waals surface area contributed by atoms with Gasteiger partial charge in [-0.1, -0.05) is 17.7 Å². The van der Waals surface area contributed by atoms with Gasteiger partial charge in [0.1, 0.15) is 0 Å². The van der Waals surface area contributed by atoms with Crippen LogP contribution in [0.15, 0.2) is 34.7 Å². The number of rotatable bonds is 7. The predicted molar refractivity (Wildman–Crippen MR) is 111 cm³/mol. The first-order valence-electron chi connectivity index (χ1n) is 10.0. The van der Waals surface area contributed by atoms with Crippen molar-refractivity contribution in [3.05, 3.63) is 41.0 Å². The maximum atomic E-state index is 12.8. The summed E-state index contributed by atoms with van der Waals surface area (Å²) in [5.74, 6) is -0.191. The molecular formula is C21H31N3O3S. The highest BCUT2D eigenvalue weighted by Gasteiger charge is 2.29. The lowest BCUT2D eigenvalue weighted by Crippen LogP contribution is -2.44. The Morgan fingerprint density at radius 1 is 1.14 bits per heavy atom. The number of allylic oxidation sites excluding steroid dienone is 1. The van der Waals surface area contributed by atoms with Crippen molar-refractivity contribution in [2.24, 2.45) is 0 Å². The zero-order valence-corrected chi connectivity index (χ0v) is 17.8. The summed E-state index contributed by atoms with van der Waals surface area (Å²) < 4.78 is 27.6. The molecule has 3 rings (SSSR count). The molecule has 1 aliphatic heterocycles. The van der Waals surface area contributed by atoms with Gasteiger partial charge in [0.25, 0.3) is 5.91 Å². The van der Waals surface area contributed by atoms with E-state index in [1.54, 1.807) is 12.1 Å². The highest BCUT2D eigenvalue weighted by molar-refractivity contribution is 7.89. The van der Waals surface area contributed by atoms with E-state index in [0.717, 1.165) is 50.9 Å². The summed E-state index contributed by atoms with van der Waals surface area (Å²) in [6.45, 7) is 8.89. The molecule has 0 spiro atoms. The third-order valence-electron chi connectivity index (χ3n) is 5.34. The number of hydrogen-bond donors (Lipinski definition) is 2. The van der Waals surface area contributed by atoms with Crippen molar-refractivity contribution in [2.75, 3.05) is 19.6 Å². The molecule has 1 heterocycles. The molecule has 2 N–H and O–H groups in total. The van der Waals surface area contributed by atoms with Crippen LogP contribution in [-0.2, 0) is 10.0 Å². The van der Waals surface area contributed by atoms with E-state index in [9.17, 15) is 13.2 Å². The average molecular weight is 406 g/mol. The van der Waals surface area contributed by atoms with Gasteiger partial charge in [0, 0.05) is 37.3 Å². The van der Waals surface area contributed by atoms with Gasteiger partial charge < -0.3 is 5.32 Å². The number of piperidine rings is 1. The summed E-state index contributed by atoms with van der Waals surface area (Å²) >= 11 is 0. The van der Waals surface area contributed by atoms with E-state index in [1.165, 1.54) is 11.6 Å². The lowest BCUT2D eigenvalue weighted by atomic mass is 10.0. The van der Waals surface area contributed by atoms with Crippen molar-refractivity contribution in [1.82, 2.24) is 14.9 Å². The normalized spacial score (nSPS) is 18.7. The number of carbonyl (C=O) groups is 1. The number of amides is 1. The summed E-state index contributed by atoms with van der Waals surface area (Å²) in [5.41, 5.74) is 2.53. The molecule has 2 aliphatic rings. The number of carbonyl (C=O) groups excluding carboxylic acids is 1.